The van der Waals surface area contributed by atoms with Crippen LogP contribution in [-0.4, -0.2) is 36.5 Å². The maximum Gasteiger partial charge on any atom is 0.305 e. The zero-order chi connectivity index (χ0) is 22.5. The Labute approximate surface area is 193 Å². The molecule has 0 spiro atoms. The fourth-order valence-corrected chi connectivity index (χ4v) is 3.51. The molecule has 0 fully saturated rings. The summed E-state index contributed by atoms with van der Waals surface area (Å²) in [6.45, 7) is 6.07. The lowest BCUT2D eigenvalue weighted by Gasteiger charge is -2.24. The molecule has 0 saturated carbocycles. The van der Waals surface area contributed by atoms with Crippen LogP contribution in [0.25, 0.3) is 0 Å². The lowest BCUT2D eigenvalue weighted by atomic mass is 10.1. The van der Waals surface area contributed by atoms with Crippen LogP contribution in [0.3, 0.4) is 0 Å². The number of amides is 1. The van der Waals surface area contributed by atoms with E-state index in [0.717, 1.165) is 41.5 Å². The van der Waals surface area contributed by atoms with Crippen molar-refractivity contribution in [1.82, 2.24) is 4.90 Å². The Morgan fingerprint density at radius 3 is 2.42 bits per heavy atom. The van der Waals surface area contributed by atoms with Gasteiger partial charge in [-0.1, -0.05) is 41.1 Å². The monoisotopic (exact) mass is 489 g/mol. The Kier molecular flexibility index (Phi) is 11.1. The normalized spacial score (nSPS) is 10.5. The molecule has 6 heteroatoms. The van der Waals surface area contributed by atoms with E-state index < -0.39 is 0 Å². The van der Waals surface area contributed by atoms with Crippen LogP contribution in [0, 0.1) is 0 Å². The summed E-state index contributed by atoms with van der Waals surface area (Å²) in [7, 11) is 0. The number of hydrogen-bond donors (Lipinski definition) is 0. The lowest BCUT2D eigenvalue weighted by molar-refractivity contribution is -0.143. The van der Waals surface area contributed by atoms with E-state index in [1.54, 1.807) is 0 Å². The molecule has 1 amide bonds. The topological polar surface area (TPSA) is 55.8 Å². The third-order valence-corrected chi connectivity index (χ3v) is 5.32. The smallest absolute Gasteiger partial charge is 0.305 e. The van der Waals surface area contributed by atoms with Crippen LogP contribution in [0.15, 0.2) is 53.0 Å². The molecular weight excluding hydrogens is 458 g/mol. The number of benzene rings is 2. The summed E-state index contributed by atoms with van der Waals surface area (Å²) in [5, 5.41) is 0. The van der Waals surface area contributed by atoms with Gasteiger partial charge in [0.05, 0.1) is 13.2 Å². The third kappa shape index (κ3) is 8.74. The molecule has 168 valence electrons. The quantitative estimate of drug-likeness (QED) is 0.255. The van der Waals surface area contributed by atoms with E-state index in [1.165, 1.54) is 0 Å². The van der Waals surface area contributed by atoms with Gasteiger partial charge in [-0.05, 0) is 62.9 Å². The van der Waals surface area contributed by atoms with Gasteiger partial charge in [0.15, 0.2) is 0 Å². The third-order valence-electron chi connectivity index (χ3n) is 4.79. The molecule has 2 aromatic rings. The van der Waals surface area contributed by atoms with Crippen molar-refractivity contribution in [3.8, 4) is 5.75 Å². The highest BCUT2D eigenvalue weighted by atomic mass is 79.9. The molecule has 0 N–H and O–H groups in total. The molecule has 0 aromatic heterocycles. The standard InChI is InChI=1S/C25H32BrNO4/c1-3-17-27(25(29)20-13-15-22(26)16-14-20)19-21-10-7-8-11-23(21)31-18-9-5-6-12-24(28)30-4-2/h7-8,10-11,13-16H,3-6,9,12,17-19H2,1-2H3. The van der Waals surface area contributed by atoms with E-state index in [2.05, 4.69) is 22.9 Å². The molecule has 0 aliphatic heterocycles. The van der Waals surface area contributed by atoms with Crippen LogP contribution in [0.1, 0.15) is 61.9 Å². The number of unbranched alkanes of at least 4 members (excludes halogenated alkanes) is 2. The molecule has 0 aliphatic rings. The van der Waals surface area contributed by atoms with Crippen molar-refractivity contribution in [3.63, 3.8) is 0 Å². The molecule has 2 rings (SSSR count). The molecule has 0 radical (unpaired) electrons. The molecule has 0 unspecified atom stereocenters. The van der Waals surface area contributed by atoms with Gasteiger partial charge in [-0.2, -0.15) is 0 Å². The van der Waals surface area contributed by atoms with Gasteiger partial charge in [0.25, 0.3) is 5.91 Å². The van der Waals surface area contributed by atoms with E-state index in [1.807, 2.05) is 60.4 Å². The number of rotatable bonds is 13. The second-order valence-electron chi connectivity index (χ2n) is 7.31. The van der Waals surface area contributed by atoms with Crippen molar-refractivity contribution in [2.24, 2.45) is 0 Å². The fourth-order valence-electron chi connectivity index (χ4n) is 3.24. The van der Waals surface area contributed by atoms with E-state index in [0.29, 0.717) is 38.3 Å². The average molecular weight is 490 g/mol. The summed E-state index contributed by atoms with van der Waals surface area (Å²) in [6.07, 6.45) is 3.91. The highest BCUT2D eigenvalue weighted by molar-refractivity contribution is 9.10. The van der Waals surface area contributed by atoms with Gasteiger partial charge in [0, 0.05) is 35.1 Å². The Bertz CT molecular complexity index is 823. The van der Waals surface area contributed by atoms with Crippen molar-refractivity contribution in [2.75, 3.05) is 19.8 Å². The number of para-hydroxylation sites is 1. The van der Waals surface area contributed by atoms with Gasteiger partial charge in [-0.25, -0.2) is 0 Å². The molecule has 31 heavy (non-hydrogen) atoms. The largest absolute Gasteiger partial charge is 0.493 e. The van der Waals surface area contributed by atoms with Crippen LogP contribution >= 0.6 is 15.9 Å². The zero-order valence-electron chi connectivity index (χ0n) is 18.4. The number of halogens is 1. The highest BCUT2D eigenvalue weighted by Crippen LogP contribution is 2.22. The molecule has 0 saturated heterocycles. The second kappa shape index (κ2) is 13.9. The van der Waals surface area contributed by atoms with Crippen molar-refractivity contribution >= 4 is 27.8 Å². The first-order valence-electron chi connectivity index (χ1n) is 11.0. The van der Waals surface area contributed by atoms with Gasteiger partial charge < -0.3 is 14.4 Å². The van der Waals surface area contributed by atoms with Crippen LogP contribution in [0.5, 0.6) is 5.75 Å². The number of ether oxygens (including phenoxy) is 2. The van der Waals surface area contributed by atoms with Gasteiger partial charge in [0.1, 0.15) is 5.75 Å². The number of carbonyl (C=O) groups is 2. The molecule has 0 bridgehead atoms. The van der Waals surface area contributed by atoms with Crippen molar-refractivity contribution in [3.05, 3.63) is 64.1 Å². The number of hydrogen-bond acceptors (Lipinski definition) is 4. The number of carbonyl (C=O) groups excluding carboxylic acids is 2. The Hall–Kier alpha value is -2.34. The lowest BCUT2D eigenvalue weighted by Crippen LogP contribution is -2.31. The molecule has 0 atom stereocenters. The SMILES string of the molecule is CCCN(Cc1ccccc1OCCCCCC(=O)OCC)C(=O)c1ccc(Br)cc1. The Morgan fingerprint density at radius 1 is 0.968 bits per heavy atom. The fraction of sp³-hybridized carbons (Fsp3) is 0.440. The maximum absolute atomic E-state index is 13.0. The first-order valence-corrected chi connectivity index (χ1v) is 11.8. The minimum absolute atomic E-state index is 0.0168. The number of esters is 1. The summed E-state index contributed by atoms with van der Waals surface area (Å²) >= 11 is 3.41. The van der Waals surface area contributed by atoms with Gasteiger partial charge in [0.2, 0.25) is 0 Å². The molecule has 0 heterocycles. The van der Waals surface area contributed by atoms with Crippen molar-refractivity contribution in [2.45, 2.75) is 52.5 Å². The maximum atomic E-state index is 13.0. The van der Waals surface area contributed by atoms with Crippen LogP contribution < -0.4 is 4.74 Å². The van der Waals surface area contributed by atoms with E-state index in [9.17, 15) is 9.59 Å². The summed E-state index contributed by atoms with van der Waals surface area (Å²) < 4.78 is 11.9. The van der Waals surface area contributed by atoms with Crippen LogP contribution in [-0.2, 0) is 16.1 Å². The summed E-state index contributed by atoms with van der Waals surface area (Å²) in [4.78, 5) is 26.3. The van der Waals surface area contributed by atoms with Gasteiger partial charge in [-0.3, -0.25) is 9.59 Å². The number of nitrogens with zero attached hydrogens (tertiary/aromatic N) is 1. The van der Waals surface area contributed by atoms with E-state index in [4.69, 9.17) is 9.47 Å². The van der Waals surface area contributed by atoms with E-state index in [-0.39, 0.29) is 11.9 Å². The summed E-state index contributed by atoms with van der Waals surface area (Å²) in [6, 6.07) is 15.3. The van der Waals surface area contributed by atoms with Gasteiger partial charge in [-0.15, -0.1) is 0 Å². The second-order valence-corrected chi connectivity index (χ2v) is 8.22. The molecule has 2 aromatic carbocycles. The summed E-state index contributed by atoms with van der Waals surface area (Å²) in [5.74, 6) is 0.681. The van der Waals surface area contributed by atoms with E-state index >= 15 is 0 Å². The van der Waals surface area contributed by atoms with Crippen molar-refractivity contribution in [1.29, 1.82) is 0 Å². The molecule has 0 aliphatic carbocycles. The molecular formula is C25H32BrNO4. The predicted molar refractivity (Wildman–Crippen MR) is 126 cm³/mol. The van der Waals surface area contributed by atoms with Crippen LogP contribution in [0.4, 0.5) is 0 Å². The van der Waals surface area contributed by atoms with Crippen LogP contribution in [0.2, 0.25) is 0 Å². The molecule has 5 nitrogen and oxygen atoms in total. The van der Waals surface area contributed by atoms with Gasteiger partial charge >= 0.3 is 5.97 Å². The highest BCUT2D eigenvalue weighted by Gasteiger charge is 2.17. The minimum atomic E-state index is -0.139. The summed E-state index contributed by atoms with van der Waals surface area (Å²) in [5.41, 5.74) is 1.67. The van der Waals surface area contributed by atoms with Crippen molar-refractivity contribution < 1.29 is 19.1 Å². The Balaban J connectivity index is 1.92. The zero-order valence-corrected chi connectivity index (χ0v) is 20.0. The Morgan fingerprint density at radius 2 is 1.71 bits per heavy atom. The predicted octanol–water partition coefficient (Wildman–Crippen LogP) is 6.00. The minimum Gasteiger partial charge on any atom is -0.493 e. The average Bonchev–Trinajstić information content (AvgIpc) is 2.77. The first-order chi connectivity index (χ1) is 15.0. The first kappa shape index (κ1) is 24.9.